The van der Waals surface area contributed by atoms with Crippen LogP contribution in [0.25, 0.3) is 5.76 Å². The second kappa shape index (κ2) is 14.6. The van der Waals surface area contributed by atoms with Gasteiger partial charge in [0.2, 0.25) is 5.13 Å². The van der Waals surface area contributed by atoms with E-state index >= 15 is 0 Å². The topological polar surface area (TPSA) is 102 Å². The molecule has 1 unspecified atom stereocenters. The van der Waals surface area contributed by atoms with E-state index < -0.39 is 17.7 Å². The molecule has 1 amide bonds. The van der Waals surface area contributed by atoms with Crippen molar-refractivity contribution in [1.29, 1.82) is 0 Å². The Morgan fingerprint density at radius 1 is 0.915 bits per heavy atom. The van der Waals surface area contributed by atoms with Gasteiger partial charge in [-0.3, -0.25) is 14.5 Å². The van der Waals surface area contributed by atoms with Crippen molar-refractivity contribution in [3.05, 3.63) is 135 Å². The van der Waals surface area contributed by atoms with E-state index in [9.17, 15) is 14.7 Å². The summed E-state index contributed by atoms with van der Waals surface area (Å²) in [5, 5.41) is 21.3. The van der Waals surface area contributed by atoms with E-state index in [1.54, 1.807) is 60.7 Å². The summed E-state index contributed by atoms with van der Waals surface area (Å²) in [5.41, 5.74) is 2.70. The van der Waals surface area contributed by atoms with Gasteiger partial charge in [0.05, 0.1) is 18.2 Å². The summed E-state index contributed by atoms with van der Waals surface area (Å²) in [6, 6.07) is 27.8. The molecule has 238 valence electrons. The maximum absolute atomic E-state index is 13.7. The number of hydrogen-bond donors (Lipinski definition) is 1. The Hall–Kier alpha value is -4.35. The molecule has 1 atom stereocenters. The maximum Gasteiger partial charge on any atom is 0.301 e. The summed E-state index contributed by atoms with van der Waals surface area (Å²) in [6.07, 6.45) is 0. The summed E-state index contributed by atoms with van der Waals surface area (Å²) in [6.45, 7) is 2.52. The van der Waals surface area contributed by atoms with Crippen LogP contribution in [0.15, 0.2) is 107 Å². The van der Waals surface area contributed by atoms with Crippen molar-refractivity contribution in [2.75, 3.05) is 11.5 Å². The monoisotopic (exact) mass is 703 g/mol. The normalized spacial score (nSPS) is 15.6. The number of anilines is 1. The average molecular weight is 705 g/mol. The van der Waals surface area contributed by atoms with E-state index in [0.717, 1.165) is 22.5 Å². The molecule has 1 aliphatic heterocycles. The third kappa shape index (κ3) is 7.16. The molecule has 1 aliphatic rings. The van der Waals surface area contributed by atoms with Crippen molar-refractivity contribution in [3.8, 4) is 11.5 Å². The van der Waals surface area contributed by atoms with Crippen molar-refractivity contribution < 1.29 is 24.2 Å². The van der Waals surface area contributed by atoms with E-state index in [4.69, 9.17) is 32.7 Å². The molecule has 0 spiro atoms. The number of benzene rings is 4. The third-order valence-corrected chi connectivity index (χ3v) is 9.97. The standard InChI is InChI=1S/C35H27Cl2N3O5S2/c1-2-44-28-17-23(14-16-27(28)45-19-21-9-5-3-6-10-21)30-29(31(41)22-11-7-4-8-12-22)32(42)33(43)40(30)34-38-39-35(47-34)46-20-24-13-15-25(36)18-26(24)37/h3-18,30,41H,2,19-20H2,1H3. The summed E-state index contributed by atoms with van der Waals surface area (Å²) >= 11 is 14.9. The Labute approximate surface area is 289 Å². The number of aliphatic hydroxyl groups is 1. The van der Waals surface area contributed by atoms with Gasteiger partial charge in [0, 0.05) is 21.4 Å². The van der Waals surface area contributed by atoms with Crippen LogP contribution >= 0.6 is 46.3 Å². The van der Waals surface area contributed by atoms with Crippen molar-refractivity contribution in [2.45, 2.75) is 29.7 Å². The molecule has 0 radical (unpaired) electrons. The molecule has 12 heteroatoms. The van der Waals surface area contributed by atoms with Gasteiger partial charge < -0.3 is 14.6 Å². The molecule has 2 heterocycles. The minimum Gasteiger partial charge on any atom is -0.507 e. The molecule has 1 aromatic heterocycles. The smallest absolute Gasteiger partial charge is 0.301 e. The predicted molar refractivity (Wildman–Crippen MR) is 186 cm³/mol. The highest BCUT2D eigenvalue weighted by molar-refractivity contribution is 8.00. The molecule has 4 aromatic carbocycles. The number of ether oxygens (including phenoxy) is 2. The Balaban J connectivity index is 1.38. The number of ketones is 1. The van der Waals surface area contributed by atoms with Crippen molar-refractivity contribution in [1.82, 2.24) is 10.2 Å². The lowest BCUT2D eigenvalue weighted by molar-refractivity contribution is -0.132. The van der Waals surface area contributed by atoms with Crippen LogP contribution in [-0.2, 0) is 21.9 Å². The fourth-order valence-corrected chi connectivity index (χ4v) is 7.48. The highest BCUT2D eigenvalue weighted by Crippen LogP contribution is 2.46. The number of carbonyl (C=O) groups is 2. The van der Waals surface area contributed by atoms with Crippen LogP contribution in [0.2, 0.25) is 10.0 Å². The van der Waals surface area contributed by atoms with Gasteiger partial charge in [-0.05, 0) is 47.9 Å². The lowest BCUT2D eigenvalue weighted by Crippen LogP contribution is -2.29. The van der Waals surface area contributed by atoms with Crippen molar-refractivity contribution in [2.24, 2.45) is 0 Å². The zero-order valence-electron chi connectivity index (χ0n) is 24.9. The Kier molecular flexibility index (Phi) is 10.1. The number of amides is 1. The number of Topliss-reactive ketones (excluding diaryl/α,β-unsaturated/α-hetero) is 1. The van der Waals surface area contributed by atoms with Crippen LogP contribution in [0.5, 0.6) is 11.5 Å². The van der Waals surface area contributed by atoms with Crippen molar-refractivity contribution in [3.63, 3.8) is 0 Å². The van der Waals surface area contributed by atoms with Crippen LogP contribution in [0.4, 0.5) is 5.13 Å². The number of halogens is 2. The quantitative estimate of drug-likeness (QED) is 0.0479. The van der Waals surface area contributed by atoms with Crippen LogP contribution in [-0.4, -0.2) is 33.6 Å². The largest absolute Gasteiger partial charge is 0.507 e. The maximum atomic E-state index is 13.7. The van der Waals surface area contributed by atoms with Gasteiger partial charge >= 0.3 is 5.91 Å². The van der Waals surface area contributed by atoms with Crippen LogP contribution < -0.4 is 14.4 Å². The lowest BCUT2D eigenvalue weighted by Gasteiger charge is -2.23. The highest BCUT2D eigenvalue weighted by Gasteiger charge is 2.48. The van der Waals surface area contributed by atoms with E-state index in [-0.39, 0.29) is 16.5 Å². The molecule has 0 saturated carbocycles. The average Bonchev–Trinajstić information content (AvgIpc) is 3.66. The molecule has 0 bridgehead atoms. The lowest BCUT2D eigenvalue weighted by atomic mass is 9.95. The van der Waals surface area contributed by atoms with E-state index in [0.29, 0.717) is 56.0 Å². The molecule has 1 saturated heterocycles. The Morgan fingerprint density at radius 3 is 2.38 bits per heavy atom. The fraction of sp³-hybridized carbons (Fsp3) is 0.143. The number of nitrogens with zero attached hydrogens (tertiary/aromatic N) is 3. The number of aromatic nitrogens is 2. The second-order valence-corrected chi connectivity index (χ2v) is 13.3. The minimum atomic E-state index is -1.02. The summed E-state index contributed by atoms with van der Waals surface area (Å²) < 4.78 is 12.6. The Morgan fingerprint density at radius 2 is 1.66 bits per heavy atom. The summed E-state index contributed by atoms with van der Waals surface area (Å²) in [7, 11) is 0. The van der Waals surface area contributed by atoms with Crippen molar-refractivity contribution >= 4 is 68.9 Å². The first kappa shape index (κ1) is 32.6. The van der Waals surface area contributed by atoms with Gasteiger partial charge in [-0.15, -0.1) is 10.2 Å². The molecule has 6 rings (SSSR count). The van der Waals surface area contributed by atoms with Gasteiger partial charge in [0.1, 0.15) is 12.4 Å². The molecule has 47 heavy (non-hydrogen) atoms. The number of hydrogen-bond acceptors (Lipinski definition) is 9. The molecule has 5 aromatic rings. The van der Waals surface area contributed by atoms with E-state index in [2.05, 4.69) is 10.2 Å². The molecule has 8 nitrogen and oxygen atoms in total. The number of thioether (sulfide) groups is 1. The van der Waals surface area contributed by atoms with Crippen LogP contribution in [0, 0.1) is 0 Å². The molecule has 1 fully saturated rings. The molecule has 0 aliphatic carbocycles. The second-order valence-electron chi connectivity index (χ2n) is 10.3. The van der Waals surface area contributed by atoms with Gasteiger partial charge in [-0.2, -0.15) is 0 Å². The zero-order chi connectivity index (χ0) is 32.9. The van der Waals surface area contributed by atoms with Gasteiger partial charge in [0.25, 0.3) is 5.78 Å². The van der Waals surface area contributed by atoms with E-state index in [1.165, 1.54) is 16.7 Å². The fourth-order valence-electron chi connectivity index (χ4n) is 5.05. The predicted octanol–water partition coefficient (Wildman–Crippen LogP) is 8.74. The first-order valence-electron chi connectivity index (χ1n) is 14.5. The van der Waals surface area contributed by atoms with Gasteiger partial charge in [-0.1, -0.05) is 119 Å². The van der Waals surface area contributed by atoms with Crippen LogP contribution in [0.3, 0.4) is 0 Å². The zero-order valence-corrected chi connectivity index (χ0v) is 28.1. The number of carbonyl (C=O) groups excluding carboxylic acids is 2. The Bertz CT molecular complexity index is 1950. The third-order valence-electron chi connectivity index (χ3n) is 7.28. The highest BCUT2D eigenvalue weighted by atomic mass is 35.5. The van der Waals surface area contributed by atoms with Gasteiger partial charge in [0.15, 0.2) is 15.8 Å². The molecular formula is C35H27Cl2N3O5S2. The van der Waals surface area contributed by atoms with Crippen LogP contribution in [0.1, 0.15) is 35.2 Å². The number of rotatable bonds is 11. The van der Waals surface area contributed by atoms with Gasteiger partial charge in [-0.25, -0.2) is 0 Å². The minimum absolute atomic E-state index is 0.0704. The molecule has 1 N–H and O–H groups in total. The summed E-state index contributed by atoms with van der Waals surface area (Å²) in [4.78, 5) is 28.7. The number of aliphatic hydroxyl groups excluding tert-OH is 1. The summed E-state index contributed by atoms with van der Waals surface area (Å²) in [5.74, 6) is -0.549. The molecular weight excluding hydrogens is 677 g/mol. The first-order valence-corrected chi connectivity index (χ1v) is 17.1. The first-order chi connectivity index (χ1) is 22.8. The van der Waals surface area contributed by atoms with E-state index in [1.807, 2.05) is 43.3 Å². The SMILES string of the molecule is CCOc1cc(C2C(=C(O)c3ccccc3)C(=O)C(=O)N2c2nnc(SCc3ccc(Cl)cc3Cl)s2)ccc1OCc1ccccc1.